The van der Waals surface area contributed by atoms with E-state index in [2.05, 4.69) is 146 Å². The van der Waals surface area contributed by atoms with E-state index in [4.69, 9.17) is 20.4 Å². The van der Waals surface area contributed by atoms with E-state index in [1.165, 1.54) is 43.3 Å². The normalized spacial score (nSPS) is 10.3. The summed E-state index contributed by atoms with van der Waals surface area (Å²) in [5.41, 5.74) is 2.61. The minimum atomic E-state index is 0.569. The molecule has 0 aliphatic heterocycles. The first-order valence-corrected chi connectivity index (χ1v) is 15.2. The number of rotatable bonds is 3. The van der Waals surface area contributed by atoms with Gasteiger partial charge in [-0.2, -0.15) is 0 Å². The summed E-state index contributed by atoms with van der Waals surface area (Å²) in [6.45, 7) is 0. The van der Waals surface area contributed by atoms with Crippen LogP contribution in [0.4, 0.5) is 0 Å². The molecular weight excluding hydrogens is 545 g/mol. The Morgan fingerprint density at radius 1 is 0.389 bits per heavy atom. The van der Waals surface area contributed by atoms with Crippen LogP contribution in [0, 0.1) is 0 Å². The molecule has 0 nitrogen and oxygen atoms in total. The Hall–Kier alpha value is -2.66. The molecule has 0 saturated carbocycles. The van der Waals surface area contributed by atoms with Crippen molar-refractivity contribution in [3.63, 3.8) is 0 Å². The van der Waals surface area contributed by atoms with Gasteiger partial charge in [0.15, 0.2) is 0 Å². The Labute approximate surface area is 229 Å². The standard InChI is InChI=1S/C20H14.C12H11P.2ClH.Ni/c1-3-11-17-15(7-1)9-5-13-19(17)20-14-6-10-16-8-2-4-12-18(16)20;1-3-7-11(8-4-1)13-12-9-5-2-6-10-12;;;/h1-14H;1-10,13H;2*1H;/q;;;;+2/p-2. The molecule has 0 heterocycles. The third-order valence-electron chi connectivity index (χ3n) is 5.71. The number of benzene rings is 6. The second-order valence-corrected chi connectivity index (χ2v) is 11.0. The molecule has 0 aliphatic carbocycles. The van der Waals surface area contributed by atoms with Crippen LogP contribution in [0.3, 0.4) is 0 Å². The van der Waals surface area contributed by atoms with Crippen LogP contribution in [-0.2, 0) is 12.7 Å². The van der Waals surface area contributed by atoms with Gasteiger partial charge in [-0.3, -0.25) is 0 Å². The van der Waals surface area contributed by atoms with Gasteiger partial charge < -0.3 is 0 Å². The van der Waals surface area contributed by atoms with Crippen molar-refractivity contribution < 1.29 is 12.7 Å². The summed E-state index contributed by atoms with van der Waals surface area (Å²) < 4.78 is 0. The topological polar surface area (TPSA) is 0 Å². The van der Waals surface area contributed by atoms with Gasteiger partial charge in [0.2, 0.25) is 0 Å². The van der Waals surface area contributed by atoms with Gasteiger partial charge in [-0.05, 0) is 43.3 Å². The Morgan fingerprint density at radius 3 is 1.14 bits per heavy atom. The average Bonchev–Trinajstić information content (AvgIpc) is 2.94. The summed E-state index contributed by atoms with van der Waals surface area (Å²) in [7, 11) is 10.2. The fourth-order valence-corrected chi connectivity index (χ4v) is 5.18. The number of hydrogen-bond donors (Lipinski definition) is 0. The zero-order valence-corrected chi connectivity index (χ0v) is 22.9. The van der Waals surface area contributed by atoms with Crippen LogP contribution in [0.15, 0.2) is 146 Å². The molecule has 0 radical (unpaired) electrons. The minimum absolute atomic E-state index is 0.569. The van der Waals surface area contributed by atoms with E-state index in [9.17, 15) is 0 Å². The van der Waals surface area contributed by atoms with Crippen LogP contribution in [0.1, 0.15) is 0 Å². The fraction of sp³-hybridized carbons (Fsp3) is 0. The SMILES string of the molecule is [Cl][Ni][Cl].c1ccc(Pc2ccccc2)cc1.c1ccc2c(-c3cccc4ccccc34)cccc2c1. The van der Waals surface area contributed by atoms with Crippen molar-refractivity contribution in [2.24, 2.45) is 0 Å². The largest absolute Gasteiger partial charge is 0.0622 e. The maximum absolute atomic E-state index is 4.70. The quantitative estimate of drug-likeness (QED) is 0.147. The second kappa shape index (κ2) is 14.2. The van der Waals surface area contributed by atoms with Crippen LogP contribution in [-0.4, -0.2) is 0 Å². The summed E-state index contributed by atoms with van der Waals surface area (Å²) in [6.07, 6.45) is 0. The summed E-state index contributed by atoms with van der Waals surface area (Å²) in [5.74, 6) is 0. The van der Waals surface area contributed by atoms with Gasteiger partial charge in [0.25, 0.3) is 0 Å². The number of halogens is 2. The summed E-state index contributed by atoms with van der Waals surface area (Å²) in [5, 5.41) is 8.00. The van der Waals surface area contributed by atoms with Crippen molar-refractivity contribution in [3.05, 3.63) is 146 Å². The predicted molar refractivity (Wildman–Crippen MR) is 159 cm³/mol. The molecule has 4 heteroatoms. The maximum Gasteiger partial charge on any atom is -0.00992 e. The van der Waals surface area contributed by atoms with E-state index in [-0.39, 0.29) is 0 Å². The first-order valence-electron chi connectivity index (χ1n) is 11.5. The van der Waals surface area contributed by atoms with Crippen molar-refractivity contribution in [2.75, 3.05) is 0 Å². The molecule has 0 aliphatic rings. The van der Waals surface area contributed by atoms with Crippen molar-refractivity contribution >= 4 is 61.1 Å². The van der Waals surface area contributed by atoms with Crippen molar-refractivity contribution in [1.29, 1.82) is 0 Å². The van der Waals surface area contributed by atoms with Crippen LogP contribution < -0.4 is 10.6 Å². The van der Waals surface area contributed by atoms with Crippen LogP contribution >= 0.6 is 29.0 Å². The van der Waals surface area contributed by atoms with Crippen molar-refractivity contribution in [1.82, 2.24) is 0 Å². The minimum Gasteiger partial charge on any atom is -0.0622 e. The molecule has 6 aromatic rings. The van der Waals surface area contributed by atoms with E-state index >= 15 is 0 Å². The molecule has 0 bridgehead atoms. The van der Waals surface area contributed by atoms with Crippen LogP contribution in [0.2, 0.25) is 0 Å². The van der Waals surface area contributed by atoms with E-state index in [1.807, 2.05) is 0 Å². The molecule has 0 aromatic heterocycles. The third kappa shape index (κ3) is 7.19. The molecule has 0 fully saturated rings. The van der Waals surface area contributed by atoms with Crippen LogP contribution in [0.5, 0.6) is 0 Å². The van der Waals surface area contributed by atoms with Gasteiger partial charge in [0.05, 0.1) is 0 Å². The number of hydrogen-bond acceptors (Lipinski definition) is 0. The van der Waals surface area contributed by atoms with Gasteiger partial charge in [0, 0.05) is 0 Å². The summed E-state index contributed by atoms with van der Waals surface area (Å²) >= 11 is 0.569. The van der Waals surface area contributed by atoms with E-state index in [1.54, 1.807) is 0 Å². The second-order valence-electron chi connectivity index (χ2n) is 7.96. The van der Waals surface area contributed by atoms with Gasteiger partial charge in [0.1, 0.15) is 0 Å². The van der Waals surface area contributed by atoms with E-state index in [0.717, 1.165) is 8.58 Å². The van der Waals surface area contributed by atoms with E-state index < -0.39 is 0 Å². The Balaban J connectivity index is 0.000000164. The molecule has 0 amide bonds. The summed E-state index contributed by atoms with van der Waals surface area (Å²) in [6, 6.07) is 51.3. The van der Waals surface area contributed by atoms with Gasteiger partial charge in [-0.1, -0.05) is 154 Å². The van der Waals surface area contributed by atoms with Gasteiger partial charge >= 0.3 is 33.0 Å². The van der Waals surface area contributed by atoms with Crippen molar-refractivity contribution in [2.45, 2.75) is 0 Å². The first-order chi connectivity index (χ1) is 17.8. The number of fused-ring (bicyclic) bond motifs is 2. The molecule has 0 unspecified atom stereocenters. The van der Waals surface area contributed by atoms with E-state index in [0.29, 0.717) is 12.7 Å². The molecule has 6 rings (SSSR count). The van der Waals surface area contributed by atoms with Gasteiger partial charge in [-0.25, -0.2) is 0 Å². The summed E-state index contributed by atoms with van der Waals surface area (Å²) in [4.78, 5) is 0. The molecule has 0 atom stereocenters. The Kier molecular flexibility index (Phi) is 10.4. The molecule has 36 heavy (non-hydrogen) atoms. The predicted octanol–water partition coefficient (Wildman–Crippen LogP) is 9.35. The fourth-order valence-electron chi connectivity index (χ4n) is 4.13. The monoisotopic (exact) mass is 568 g/mol. The Morgan fingerprint density at radius 2 is 0.722 bits per heavy atom. The van der Waals surface area contributed by atoms with Crippen molar-refractivity contribution in [3.8, 4) is 11.1 Å². The third-order valence-corrected chi connectivity index (χ3v) is 6.95. The first kappa shape index (κ1) is 26.4. The maximum atomic E-state index is 4.70. The molecular formula is C32H25Cl2NiP. The zero-order valence-electron chi connectivity index (χ0n) is 19.4. The van der Waals surface area contributed by atoms with Gasteiger partial charge in [-0.15, -0.1) is 0 Å². The zero-order chi connectivity index (χ0) is 25.0. The molecule has 6 aromatic carbocycles. The molecule has 182 valence electrons. The molecule has 0 saturated heterocycles. The molecule has 0 spiro atoms. The average molecular weight is 570 g/mol. The smallest absolute Gasteiger partial charge is 0.00992 e. The van der Waals surface area contributed by atoms with Crippen LogP contribution in [0.25, 0.3) is 32.7 Å². The molecule has 0 N–H and O–H groups in total. The Bertz CT molecular complexity index is 1380.